The van der Waals surface area contributed by atoms with Gasteiger partial charge in [0.05, 0.1) is 21.9 Å². The third kappa shape index (κ3) is 3.81. The first kappa shape index (κ1) is 18.9. The lowest BCUT2D eigenvalue weighted by Gasteiger charge is -2.13. The smallest absolute Gasteiger partial charge is 0.393 e. The Kier molecular flexibility index (Phi) is 5.15. The largest absolute Gasteiger partial charge is 0.416 e. The van der Waals surface area contributed by atoms with Gasteiger partial charge in [0.15, 0.2) is 11.5 Å². The molecule has 6 nitrogen and oxygen atoms in total. The van der Waals surface area contributed by atoms with Gasteiger partial charge in [-0.05, 0) is 12.1 Å². The molecule has 0 unspecified atom stereocenters. The molecule has 0 saturated carbocycles. The van der Waals surface area contributed by atoms with Crippen molar-refractivity contribution in [1.82, 2.24) is 14.7 Å². The fourth-order valence-corrected chi connectivity index (χ4v) is 2.53. The van der Waals surface area contributed by atoms with Crippen molar-refractivity contribution < 1.29 is 13.2 Å². The number of aliphatic imine (C=N–C) groups is 1. The monoisotopic (exact) mass is 390 g/mol. The average molecular weight is 391 g/mol. The van der Waals surface area contributed by atoms with Crippen molar-refractivity contribution in [3.63, 3.8) is 0 Å². The molecule has 11 heteroatoms. The lowest BCUT2D eigenvalue weighted by Crippen LogP contribution is -2.09. The molecule has 0 fully saturated rings. The first-order valence-corrected chi connectivity index (χ1v) is 7.37. The van der Waals surface area contributed by atoms with Crippen LogP contribution >= 0.6 is 23.2 Å². The molecule has 0 radical (unpaired) electrons. The Labute approximate surface area is 150 Å². The van der Waals surface area contributed by atoms with Gasteiger partial charge < -0.3 is 10.6 Å². The van der Waals surface area contributed by atoms with Crippen LogP contribution in [0.15, 0.2) is 17.1 Å². The molecule has 0 aliphatic carbocycles. The van der Waals surface area contributed by atoms with E-state index in [0.717, 1.165) is 4.68 Å². The van der Waals surface area contributed by atoms with E-state index in [9.17, 15) is 13.2 Å². The van der Waals surface area contributed by atoms with Gasteiger partial charge in [-0.3, -0.25) is 0 Å². The molecular weight excluding hydrogens is 380 g/mol. The van der Waals surface area contributed by atoms with Crippen LogP contribution in [-0.2, 0) is 6.18 Å². The maximum atomic E-state index is 12.9. The number of aromatic nitrogens is 2. The first-order chi connectivity index (χ1) is 11.6. The van der Waals surface area contributed by atoms with E-state index < -0.39 is 11.7 Å². The molecule has 0 bridgehead atoms. The Balaban J connectivity index is 2.73. The lowest BCUT2D eigenvalue weighted by molar-refractivity contribution is -0.137. The summed E-state index contributed by atoms with van der Waals surface area (Å²) < 4.78 is 39.6. The van der Waals surface area contributed by atoms with Crippen molar-refractivity contribution >= 4 is 41.0 Å². The van der Waals surface area contributed by atoms with E-state index in [1.54, 1.807) is 25.1 Å². The fourth-order valence-electron chi connectivity index (χ4n) is 1.89. The molecule has 1 aromatic carbocycles. The average Bonchev–Trinajstić information content (AvgIpc) is 2.79. The zero-order chi connectivity index (χ0) is 18.9. The number of hydrogen-bond donors (Lipinski definition) is 1. The van der Waals surface area contributed by atoms with E-state index in [4.69, 9.17) is 34.2 Å². The molecule has 0 aliphatic rings. The van der Waals surface area contributed by atoms with E-state index in [1.165, 1.54) is 6.34 Å². The molecule has 0 atom stereocenters. The molecule has 2 aromatic rings. The highest BCUT2D eigenvalue weighted by atomic mass is 35.5. The number of nitrogen functional groups attached to an aromatic ring is 1. The first-order valence-electron chi connectivity index (χ1n) is 6.62. The van der Waals surface area contributed by atoms with Crippen LogP contribution in [0.1, 0.15) is 11.3 Å². The van der Waals surface area contributed by atoms with Crippen LogP contribution < -0.4 is 5.73 Å². The SMILES string of the molecule is CN(C)C=Nc1c(N)c(C#N)nn1-c1c(Cl)cc(C(F)(F)F)cc1Cl. The van der Waals surface area contributed by atoms with E-state index in [-0.39, 0.29) is 32.9 Å². The number of alkyl halides is 3. The second-order valence-electron chi connectivity index (χ2n) is 5.10. The summed E-state index contributed by atoms with van der Waals surface area (Å²) in [5.41, 5.74) is 4.56. The van der Waals surface area contributed by atoms with Crippen LogP contribution in [0.4, 0.5) is 24.7 Å². The van der Waals surface area contributed by atoms with E-state index in [2.05, 4.69) is 10.1 Å². The van der Waals surface area contributed by atoms with E-state index in [1.807, 2.05) is 0 Å². The molecule has 132 valence electrons. The molecule has 1 heterocycles. The highest BCUT2D eigenvalue weighted by molar-refractivity contribution is 6.38. The maximum absolute atomic E-state index is 12.9. The van der Waals surface area contributed by atoms with E-state index in [0.29, 0.717) is 12.1 Å². The number of nitrogens with two attached hydrogens (primary N) is 1. The highest BCUT2D eigenvalue weighted by Crippen LogP contribution is 2.40. The van der Waals surface area contributed by atoms with Gasteiger partial charge in [-0.2, -0.15) is 23.5 Å². The minimum atomic E-state index is -4.61. The van der Waals surface area contributed by atoms with Crippen molar-refractivity contribution in [3.8, 4) is 11.8 Å². The summed E-state index contributed by atoms with van der Waals surface area (Å²) in [6, 6.07) is 3.21. The third-order valence-electron chi connectivity index (χ3n) is 2.97. The van der Waals surface area contributed by atoms with Gasteiger partial charge in [0, 0.05) is 14.1 Å². The van der Waals surface area contributed by atoms with Gasteiger partial charge >= 0.3 is 6.18 Å². The standard InChI is InChI=1S/C14H11Cl2F3N6/c1-24(2)6-22-13-11(21)10(5-20)23-25(13)12-8(15)3-7(4-9(12)16)14(17,18)19/h3-4,6H,21H2,1-2H3. The minimum absolute atomic E-state index is 0.0220. The van der Waals surface area contributed by atoms with Gasteiger partial charge in [-0.1, -0.05) is 23.2 Å². The maximum Gasteiger partial charge on any atom is 0.416 e. The summed E-state index contributed by atoms with van der Waals surface area (Å²) in [6.45, 7) is 0. The molecule has 25 heavy (non-hydrogen) atoms. The van der Waals surface area contributed by atoms with Crippen LogP contribution in [0.2, 0.25) is 10.0 Å². The predicted octanol–water partition coefficient (Wildman–Crippen LogP) is 3.87. The quantitative estimate of drug-likeness (QED) is 0.636. The number of rotatable bonds is 3. The van der Waals surface area contributed by atoms with Gasteiger partial charge in [-0.25, -0.2) is 9.67 Å². The van der Waals surface area contributed by atoms with Crippen LogP contribution in [0.25, 0.3) is 5.69 Å². The minimum Gasteiger partial charge on any atom is -0.393 e. The van der Waals surface area contributed by atoms with Gasteiger partial charge in [0.25, 0.3) is 0 Å². The molecule has 2 rings (SSSR count). The Morgan fingerprint density at radius 2 is 1.88 bits per heavy atom. The number of anilines is 1. The van der Waals surface area contributed by atoms with Crippen molar-refractivity contribution in [1.29, 1.82) is 5.26 Å². The Bertz CT molecular complexity index is 857. The molecular formula is C14H11Cl2F3N6. The summed E-state index contributed by atoms with van der Waals surface area (Å²) in [6.07, 6.45) is -3.23. The van der Waals surface area contributed by atoms with Gasteiger partial charge in [0.2, 0.25) is 0 Å². The Morgan fingerprint density at radius 1 is 1.32 bits per heavy atom. The summed E-state index contributed by atoms with van der Waals surface area (Å²) in [4.78, 5) is 5.69. The van der Waals surface area contributed by atoms with Crippen LogP contribution in [0.5, 0.6) is 0 Å². The second-order valence-corrected chi connectivity index (χ2v) is 5.92. The van der Waals surface area contributed by atoms with Crippen LogP contribution in [0.3, 0.4) is 0 Å². The van der Waals surface area contributed by atoms with Gasteiger partial charge in [0.1, 0.15) is 17.4 Å². The number of benzene rings is 1. The van der Waals surface area contributed by atoms with Crippen molar-refractivity contribution in [2.24, 2.45) is 4.99 Å². The predicted molar refractivity (Wildman–Crippen MR) is 89.6 cm³/mol. The lowest BCUT2D eigenvalue weighted by atomic mass is 10.2. The summed E-state index contributed by atoms with van der Waals surface area (Å²) in [5, 5.41) is 12.4. The highest BCUT2D eigenvalue weighted by Gasteiger charge is 2.32. The third-order valence-corrected chi connectivity index (χ3v) is 3.55. The Hall–Kier alpha value is -2.44. The van der Waals surface area contributed by atoms with Crippen LogP contribution in [-0.4, -0.2) is 35.1 Å². The van der Waals surface area contributed by atoms with Crippen molar-refractivity contribution in [2.75, 3.05) is 19.8 Å². The number of halogens is 5. The van der Waals surface area contributed by atoms with Crippen LogP contribution in [0, 0.1) is 11.3 Å². The number of nitriles is 1. The van der Waals surface area contributed by atoms with Gasteiger partial charge in [-0.15, -0.1) is 0 Å². The molecule has 1 aromatic heterocycles. The number of hydrogen-bond acceptors (Lipinski definition) is 4. The zero-order valence-corrected chi connectivity index (χ0v) is 14.4. The van der Waals surface area contributed by atoms with Crippen molar-refractivity contribution in [2.45, 2.75) is 6.18 Å². The fraction of sp³-hybridized carbons (Fsp3) is 0.214. The second kappa shape index (κ2) is 6.82. The van der Waals surface area contributed by atoms with E-state index >= 15 is 0 Å². The number of nitrogens with zero attached hydrogens (tertiary/aromatic N) is 5. The topological polar surface area (TPSA) is 83.2 Å². The summed E-state index contributed by atoms with van der Waals surface area (Å²) >= 11 is 12.0. The molecule has 0 spiro atoms. The Morgan fingerprint density at radius 3 is 2.32 bits per heavy atom. The normalized spacial score (nSPS) is 11.8. The molecule has 2 N–H and O–H groups in total. The summed E-state index contributed by atoms with van der Waals surface area (Å²) in [7, 11) is 3.40. The zero-order valence-electron chi connectivity index (χ0n) is 12.9. The molecule has 0 saturated heterocycles. The summed E-state index contributed by atoms with van der Waals surface area (Å²) in [5.74, 6) is 0.0220. The van der Waals surface area contributed by atoms with Crippen molar-refractivity contribution in [3.05, 3.63) is 33.4 Å². The molecule has 0 aliphatic heterocycles. The molecule has 0 amide bonds.